The van der Waals surface area contributed by atoms with E-state index in [1.807, 2.05) is 85.1 Å². The minimum atomic E-state index is -0.534. The van der Waals surface area contributed by atoms with Crippen LogP contribution in [0.4, 0.5) is 27.1 Å². The van der Waals surface area contributed by atoms with Crippen molar-refractivity contribution in [3.05, 3.63) is 143 Å². The number of rotatable bonds is 19. The third kappa shape index (κ3) is 15.1. The number of methoxy groups -OCH3 is 2. The molecule has 26 heteroatoms. The molecule has 4 atom stereocenters. The van der Waals surface area contributed by atoms with Crippen LogP contribution in [0.15, 0.2) is 88.8 Å². The highest BCUT2D eigenvalue weighted by Crippen LogP contribution is 2.43. The van der Waals surface area contributed by atoms with Crippen molar-refractivity contribution in [3.63, 3.8) is 0 Å². The number of aryl methyl sites for hydroxylation is 1. The smallest absolute Gasteiger partial charge is 0.276 e. The first-order valence-electron chi connectivity index (χ1n) is 35.1. The standard InChI is InChI=1S/C75H87Cl3FN13O9/c1-42-43(2)73(97)92(41-54(42)47-30-61(79)57(67(32-47)101-6)40-88-22-19-51(20-23-88)87(4)74(98)45-17-27-91(28-18-45)65-12-8-50(34-60(65)78)82-63-10-14-69(94)84-72(63)96)37-48-36-89(39-56-58(76)29-46(31-66(56)100-5)55-38-86(3)75(99)70-53(55)35-80-85-70)24-21-52(48)44-15-25-90(26-16-44)64-11-7-49(33-59(64)77)81-62-9-13-68(93)83-71(62)95/h7-8,11-12,29-35,38,41,44-45,48,51-52,62-63,81-82H,9-10,13-28,36-37,39-40H2,1-6H3,(H,80,85)(H,83,93,95)(H,84,94,96). The van der Waals surface area contributed by atoms with Crippen LogP contribution in [0.25, 0.3) is 33.2 Å². The highest BCUT2D eigenvalue weighted by atomic mass is 35.5. The molecule has 5 N–H and O–H groups in total. The average molecular weight is 1440 g/mol. The van der Waals surface area contributed by atoms with Crippen LogP contribution in [0.5, 0.6) is 11.5 Å². The zero-order valence-corrected chi connectivity index (χ0v) is 60.1. The number of benzene rings is 4. The van der Waals surface area contributed by atoms with Gasteiger partial charge in [0.2, 0.25) is 29.5 Å². The molecule has 5 amide bonds. The average Bonchev–Trinajstić information content (AvgIpc) is 1.76. The Kier molecular flexibility index (Phi) is 21.2. The predicted molar refractivity (Wildman–Crippen MR) is 391 cm³/mol. The Labute approximate surface area is 601 Å². The molecule has 6 aliphatic heterocycles. The fraction of sp³-hybridized carbons (Fsp3) is 0.467. The summed E-state index contributed by atoms with van der Waals surface area (Å²) in [4.78, 5) is 101. The van der Waals surface area contributed by atoms with E-state index >= 15 is 4.39 Å². The Hall–Kier alpha value is -8.48. The minimum Gasteiger partial charge on any atom is -0.496 e. The summed E-state index contributed by atoms with van der Waals surface area (Å²) in [7, 11) is 6.80. The number of piperidine rings is 6. The number of nitrogens with one attached hydrogen (secondary N) is 5. The largest absolute Gasteiger partial charge is 0.496 e. The molecule has 9 heterocycles. The quantitative estimate of drug-likeness (QED) is 0.0473. The summed E-state index contributed by atoms with van der Waals surface area (Å²) in [6.45, 7) is 10.6. The summed E-state index contributed by atoms with van der Waals surface area (Å²) in [6, 6.07) is 17.7. The van der Waals surface area contributed by atoms with E-state index in [1.54, 1.807) is 45.8 Å². The molecule has 101 heavy (non-hydrogen) atoms. The molecule has 22 nitrogen and oxygen atoms in total. The molecular formula is C75H87Cl3FN13O9. The van der Waals surface area contributed by atoms with Gasteiger partial charge in [-0.3, -0.25) is 59.1 Å². The molecule has 4 aromatic carbocycles. The van der Waals surface area contributed by atoms with Crippen molar-refractivity contribution >= 4 is 98.0 Å². The number of amides is 5. The summed E-state index contributed by atoms with van der Waals surface area (Å²) in [5.74, 6) is -0.0756. The number of carbonyl (C=O) groups is 5. The van der Waals surface area contributed by atoms with Crippen LogP contribution < -0.4 is 51.7 Å². The lowest BCUT2D eigenvalue weighted by Gasteiger charge is -2.45. The molecular weight excluding hydrogens is 1350 g/mol. The molecule has 0 bridgehead atoms. The van der Waals surface area contributed by atoms with Crippen molar-refractivity contribution in [1.29, 1.82) is 0 Å². The Morgan fingerprint density at radius 2 is 1.21 bits per heavy atom. The van der Waals surface area contributed by atoms with Gasteiger partial charge in [0.25, 0.3) is 11.1 Å². The lowest BCUT2D eigenvalue weighted by molar-refractivity contribution is -0.138. The van der Waals surface area contributed by atoms with Gasteiger partial charge in [-0.1, -0.05) is 34.8 Å². The van der Waals surface area contributed by atoms with Crippen molar-refractivity contribution in [1.82, 2.24) is 44.7 Å². The van der Waals surface area contributed by atoms with Gasteiger partial charge in [0, 0.05) is 166 Å². The lowest BCUT2D eigenvalue weighted by Crippen LogP contribution is -2.49. The second kappa shape index (κ2) is 30.2. The number of pyridine rings is 2. The number of aromatic amines is 1. The number of anilines is 4. The van der Waals surface area contributed by atoms with Crippen LogP contribution in [0.1, 0.15) is 92.9 Å². The van der Waals surface area contributed by atoms with Gasteiger partial charge in [0.15, 0.2) is 0 Å². The van der Waals surface area contributed by atoms with Crippen LogP contribution in [0.2, 0.25) is 15.1 Å². The van der Waals surface area contributed by atoms with Gasteiger partial charge in [0.05, 0.1) is 41.8 Å². The first kappa shape index (κ1) is 70.9. The number of imide groups is 2. The number of hydrogen-bond acceptors (Lipinski definition) is 16. The number of carbonyl (C=O) groups excluding carboxylic acids is 5. The molecule has 7 aromatic rings. The number of likely N-dealkylation sites (tertiary alicyclic amines) is 2. The second-order valence-corrected chi connectivity index (χ2v) is 29.5. The number of H-pyrrole nitrogens is 1. The van der Waals surface area contributed by atoms with Crippen LogP contribution in [-0.4, -0.2) is 155 Å². The first-order chi connectivity index (χ1) is 48.6. The van der Waals surface area contributed by atoms with Gasteiger partial charge in [-0.2, -0.15) is 5.10 Å². The molecule has 6 aliphatic rings. The fourth-order valence-electron chi connectivity index (χ4n) is 16.3. The number of ether oxygens (including phenoxy) is 2. The summed E-state index contributed by atoms with van der Waals surface area (Å²) >= 11 is 21.1. The van der Waals surface area contributed by atoms with E-state index in [0.29, 0.717) is 149 Å². The van der Waals surface area contributed by atoms with E-state index in [2.05, 4.69) is 51.1 Å². The van der Waals surface area contributed by atoms with Crippen molar-refractivity contribution in [2.45, 2.75) is 122 Å². The molecule has 0 aliphatic carbocycles. The van der Waals surface area contributed by atoms with E-state index in [4.69, 9.17) is 44.3 Å². The SMILES string of the molecule is COc1cc(-c2cn(CC3CN(Cc4c(Cl)cc(-c5cn(C)c(=O)c6[nH]ncc56)cc4OC)CCC3C3CCN(c4ccc(NC5CCC(=O)NC5=O)cc4Cl)CC3)c(=O)c(C)c2C)cc(F)c1CN1CCC(N(C)C(=O)C2CCN(c3ccc(NC4CCC(=O)NC4=O)cc3Cl)CC2)CC1. The third-order valence-electron chi connectivity index (χ3n) is 22.2. The highest BCUT2D eigenvalue weighted by molar-refractivity contribution is 6.34. The van der Waals surface area contributed by atoms with Crippen LogP contribution in [0.3, 0.4) is 0 Å². The summed E-state index contributed by atoms with van der Waals surface area (Å²) in [5, 5.41) is 20.5. The van der Waals surface area contributed by atoms with Gasteiger partial charge in [0.1, 0.15) is 34.9 Å². The molecule has 0 saturated carbocycles. The molecule has 6 fully saturated rings. The van der Waals surface area contributed by atoms with Crippen LogP contribution >= 0.6 is 34.8 Å². The molecule has 3 aromatic heterocycles. The maximum atomic E-state index is 17.0. The monoisotopic (exact) mass is 1440 g/mol. The topological polar surface area (TPSA) is 241 Å². The normalized spacial score (nSPS) is 20.9. The maximum absolute atomic E-state index is 17.0. The fourth-order valence-corrected chi connectivity index (χ4v) is 17.2. The summed E-state index contributed by atoms with van der Waals surface area (Å²) in [5.41, 5.74) is 8.76. The number of halogens is 4. The number of fused-ring (bicyclic) bond motifs is 1. The van der Waals surface area contributed by atoms with Crippen LogP contribution in [-0.2, 0) is 50.7 Å². The molecule has 0 spiro atoms. The van der Waals surface area contributed by atoms with E-state index < -0.39 is 17.9 Å². The van der Waals surface area contributed by atoms with E-state index in [9.17, 15) is 33.6 Å². The van der Waals surface area contributed by atoms with Crippen molar-refractivity contribution < 1.29 is 37.8 Å². The summed E-state index contributed by atoms with van der Waals surface area (Å²) < 4.78 is 32.5. The van der Waals surface area contributed by atoms with Crippen molar-refractivity contribution in [2.75, 3.05) is 94.1 Å². The maximum Gasteiger partial charge on any atom is 0.276 e. The predicted octanol–water partition coefficient (Wildman–Crippen LogP) is 10.3. The van der Waals surface area contributed by atoms with E-state index in [1.165, 1.54) is 4.57 Å². The minimum absolute atomic E-state index is 0.00289. The van der Waals surface area contributed by atoms with Gasteiger partial charge >= 0.3 is 0 Å². The second-order valence-electron chi connectivity index (χ2n) is 28.3. The molecule has 13 rings (SSSR count). The van der Waals surface area contributed by atoms with Gasteiger partial charge in [-0.15, -0.1) is 0 Å². The Morgan fingerprint density at radius 1 is 0.644 bits per heavy atom. The highest BCUT2D eigenvalue weighted by Gasteiger charge is 2.39. The lowest BCUT2D eigenvalue weighted by atomic mass is 9.72. The molecule has 534 valence electrons. The molecule has 0 radical (unpaired) electrons. The Morgan fingerprint density at radius 3 is 1.79 bits per heavy atom. The van der Waals surface area contributed by atoms with E-state index in [-0.39, 0.29) is 77.3 Å². The zero-order valence-electron chi connectivity index (χ0n) is 57.9. The zero-order chi connectivity index (χ0) is 71.1. The molecule has 4 unspecified atom stereocenters. The Bertz CT molecular complexity index is 4480. The first-order valence-corrected chi connectivity index (χ1v) is 36.2. The summed E-state index contributed by atoms with van der Waals surface area (Å²) in [6.07, 6.45) is 12.2. The van der Waals surface area contributed by atoms with Crippen LogP contribution in [0, 0.1) is 43.3 Å². The van der Waals surface area contributed by atoms with Gasteiger partial charge < -0.3 is 43.9 Å². The van der Waals surface area contributed by atoms with Crippen molar-refractivity contribution in [3.8, 4) is 33.8 Å². The van der Waals surface area contributed by atoms with Gasteiger partial charge in [-0.05, 0) is 173 Å². The number of hydrogen-bond donors (Lipinski definition) is 5. The Balaban J connectivity index is 0.684. The number of aromatic nitrogens is 4. The molecule has 6 saturated heterocycles. The van der Waals surface area contributed by atoms with Gasteiger partial charge in [-0.25, -0.2) is 4.39 Å². The van der Waals surface area contributed by atoms with E-state index in [0.717, 1.165) is 90.9 Å². The number of nitrogens with zero attached hydrogens (tertiary/aromatic N) is 8. The third-order valence-corrected chi connectivity index (χ3v) is 23.2. The van der Waals surface area contributed by atoms with Crippen molar-refractivity contribution in [2.24, 2.45) is 30.7 Å².